The van der Waals surface area contributed by atoms with Crippen LogP contribution in [0, 0.1) is 0 Å². The number of nitrogens with zero attached hydrogens (tertiary/aromatic N) is 2. The summed E-state index contributed by atoms with van der Waals surface area (Å²) in [5.74, 6) is -2.70. The van der Waals surface area contributed by atoms with Crippen molar-refractivity contribution >= 4 is 15.5 Å². The molecular weight excluding hydrogens is 286 g/mol. The fraction of sp³-hybridized carbons (Fsp3) is 0.615. The Morgan fingerprint density at radius 2 is 1.85 bits per heavy atom. The van der Waals surface area contributed by atoms with E-state index in [1.165, 1.54) is 17.2 Å². The zero-order chi connectivity index (χ0) is 15.3. The first-order chi connectivity index (χ1) is 8.90. The molecule has 0 saturated carbocycles. The molecule has 0 N–H and O–H groups in total. The molecule has 20 heavy (non-hydrogen) atoms. The number of pyridine rings is 1. The molecule has 1 fully saturated rings. The molecule has 0 atom stereocenters. The molecule has 0 spiro atoms. The van der Waals surface area contributed by atoms with Crippen molar-refractivity contribution in [3.05, 3.63) is 18.0 Å². The van der Waals surface area contributed by atoms with E-state index in [4.69, 9.17) is 0 Å². The van der Waals surface area contributed by atoms with Crippen LogP contribution in [0.2, 0.25) is 0 Å². The average Bonchev–Trinajstić information content (AvgIpc) is 2.22. The lowest BCUT2D eigenvalue weighted by molar-refractivity contribution is -0.0263. The van der Waals surface area contributed by atoms with Crippen LogP contribution in [0.15, 0.2) is 17.2 Å². The van der Waals surface area contributed by atoms with Gasteiger partial charge in [-0.2, -0.15) is 0 Å². The maximum Gasteiger partial charge on any atom is 0.282 e. The normalized spacial score (nSPS) is 18.8. The maximum atomic E-state index is 12.9. The maximum absolute atomic E-state index is 12.9. The van der Waals surface area contributed by atoms with Crippen molar-refractivity contribution in [2.75, 3.05) is 24.2 Å². The molecule has 1 aromatic heterocycles. The lowest BCUT2D eigenvalue weighted by Crippen LogP contribution is -2.56. The van der Waals surface area contributed by atoms with E-state index >= 15 is 0 Å². The van der Waals surface area contributed by atoms with Crippen LogP contribution < -0.4 is 4.90 Å². The summed E-state index contributed by atoms with van der Waals surface area (Å²) in [5.41, 5.74) is 0.441. The van der Waals surface area contributed by atoms with E-state index in [0.29, 0.717) is 11.4 Å². The van der Waals surface area contributed by atoms with E-state index in [-0.39, 0.29) is 4.90 Å². The standard InChI is InChI=1S/C13H18F2N2O2S/c1-12(2,3)11-10(20(4,18)19)5-9(6-16-11)17-7-13(14,15)8-17/h5-6H,7-8H2,1-4H3. The van der Waals surface area contributed by atoms with Crippen LogP contribution in [0.5, 0.6) is 0 Å². The summed E-state index contributed by atoms with van der Waals surface area (Å²) in [6.45, 7) is 4.80. The summed E-state index contributed by atoms with van der Waals surface area (Å²) in [5, 5.41) is 0. The highest BCUT2D eigenvalue weighted by Gasteiger charge is 2.44. The Kier molecular flexibility index (Phi) is 3.32. The van der Waals surface area contributed by atoms with E-state index in [9.17, 15) is 17.2 Å². The summed E-state index contributed by atoms with van der Waals surface area (Å²) in [6.07, 6.45) is 2.57. The van der Waals surface area contributed by atoms with E-state index in [2.05, 4.69) is 4.98 Å². The highest BCUT2D eigenvalue weighted by molar-refractivity contribution is 7.90. The van der Waals surface area contributed by atoms with Gasteiger partial charge in [-0.1, -0.05) is 20.8 Å². The van der Waals surface area contributed by atoms with Crippen LogP contribution in [-0.2, 0) is 15.3 Å². The molecule has 2 rings (SSSR count). The molecule has 0 unspecified atom stereocenters. The Hall–Kier alpha value is -1.24. The van der Waals surface area contributed by atoms with Crippen molar-refractivity contribution in [2.24, 2.45) is 0 Å². The SMILES string of the molecule is CC(C)(C)c1ncc(N2CC(F)(F)C2)cc1S(C)(=O)=O. The summed E-state index contributed by atoms with van der Waals surface area (Å²) in [4.78, 5) is 5.74. The van der Waals surface area contributed by atoms with E-state index in [0.717, 1.165) is 6.26 Å². The first-order valence-electron chi connectivity index (χ1n) is 6.23. The number of sulfone groups is 1. The molecule has 0 amide bonds. The number of rotatable bonds is 2. The van der Waals surface area contributed by atoms with Crippen LogP contribution in [0.4, 0.5) is 14.5 Å². The fourth-order valence-electron chi connectivity index (χ4n) is 2.15. The largest absolute Gasteiger partial charge is 0.358 e. The van der Waals surface area contributed by atoms with Gasteiger partial charge >= 0.3 is 0 Å². The van der Waals surface area contributed by atoms with Gasteiger partial charge < -0.3 is 4.90 Å². The molecule has 1 aliphatic heterocycles. The molecule has 0 bridgehead atoms. The predicted molar refractivity (Wildman–Crippen MR) is 73.2 cm³/mol. The lowest BCUT2D eigenvalue weighted by Gasteiger charge is -2.40. The van der Waals surface area contributed by atoms with Gasteiger partial charge in [0.15, 0.2) is 9.84 Å². The highest BCUT2D eigenvalue weighted by Crippen LogP contribution is 2.35. The Labute approximate surface area is 117 Å². The molecule has 4 nitrogen and oxygen atoms in total. The van der Waals surface area contributed by atoms with Crippen molar-refractivity contribution in [3.63, 3.8) is 0 Å². The quantitative estimate of drug-likeness (QED) is 0.841. The Balaban J connectivity index is 2.46. The van der Waals surface area contributed by atoms with Crippen LogP contribution in [-0.4, -0.2) is 38.7 Å². The topological polar surface area (TPSA) is 50.3 Å². The second kappa shape index (κ2) is 4.38. The minimum Gasteiger partial charge on any atom is -0.358 e. The second-order valence-electron chi connectivity index (χ2n) is 6.27. The molecule has 1 saturated heterocycles. The van der Waals surface area contributed by atoms with Gasteiger partial charge in [-0.05, 0) is 6.07 Å². The van der Waals surface area contributed by atoms with Crippen LogP contribution in [0.3, 0.4) is 0 Å². The van der Waals surface area contributed by atoms with E-state index in [1.54, 1.807) is 0 Å². The molecule has 1 aliphatic rings. The average molecular weight is 304 g/mol. The minimum atomic E-state index is -3.46. The lowest BCUT2D eigenvalue weighted by atomic mass is 9.91. The molecule has 7 heteroatoms. The molecule has 0 aliphatic carbocycles. The molecular formula is C13H18F2N2O2S. The number of hydrogen-bond acceptors (Lipinski definition) is 4. The van der Waals surface area contributed by atoms with Gasteiger partial charge in [0.1, 0.15) is 0 Å². The van der Waals surface area contributed by atoms with E-state index in [1.807, 2.05) is 20.8 Å². The molecule has 112 valence electrons. The van der Waals surface area contributed by atoms with Gasteiger partial charge in [0.2, 0.25) is 0 Å². The van der Waals surface area contributed by atoms with Gasteiger partial charge in [0, 0.05) is 11.7 Å². The summed E-state index contributed by atoms with van der Waals surface area (Å²) >= 11 is 0. The molecule has 1 aromatic rings. The number of halogens is 2. The Morgan fingerprint density at radius 3 is 2.25 bits per heavy atom. The minimum absolute atomic E-state index is 0.109. The van der Waals surface area contributed by atoms with Gasteiger partial charge in [0.05, 0.1) is 35.6 Å². The molecule has 0 radical (unpaired) electrons. The van der Waals surface area contributed by atoms with Gasteiger partial charge in [-0.3, -0.25) is 4.98 Å². The van der Waals surface area contributed by atoms with Crippen molar-refractivity contribution in [1.29, 1.82) is 0 Å². The van der Waals surface area contributed by atoms with E-state index < -0.39 is 34.3 Å². The van der Waals surface area contributed by atoms with Crippen molar-refractivity contribution in [3.8, 4) is 0 Å². The van der Waals surface area contributed by atoms with Crippen molar-refractivity contribution in [2.45, 2.75) is 37.0 Å². The third-order valence-electron chi connectivity index (χ3n) is 3.16. The number of anilines is 1. The Morgan fingerprint density at radius 1 is 1.30 bits per heavy atom. The zero-order valence-electron chi connectivity index (χ0n) is 11.9. The monoisotopic (exact) mass is 304 g/mol. The van der Waals surface area contributed by atoms with Crippen LogP contribution >= 0.6 is 0 Å². The summed E-state index contributed by atoms with van der Waals surface area (Å²) in [7, 11) is -3.46. The second-order valence-corrected chi connectivity index (χ2v) is 8.26. The van der Waals surface area contributed by atoms with Crippen LogP contribution in [0.1, 0.15) is 26.5 Å². The summed E-state index contributed by atoms with van der Waals surface area (Å²) < 4.78 is 49.6. The predicted octanol–water partition coefficient (Wildman–Crippen LogP) is 2.24. The van der Waals surface area contributed by atoms with Gasteiger partial charge in [0.25, 0.3) is 5.92 Å². The highest BCUT2D eigenvalue weighted by atomic mass is 32.2. The molecule has 0 aromatic carbocycles. The third kappa shape index (κ3) is 2.92. The number of alkyl halides is 2. The fourth-order valence-corrected chi connectivity index (χ4v) is 3.19. The van der Waals surface area contributed by atoms with Gasteiger partial charge in [-0.25, -0.2) is 17.2 Å². The van der Waals surface area contributed by atoms with Crippen molar-refractivity contribution < 1.29 is 17.2 Å². The van der Waals surface area contributed by atoms with Gasteiger partial charge in [-0.15, -0.1) is 0 Å². The number of hydrogen-bond donors (Lipinski definition) is 0. The Bertz CT molecular complexity index is 628. The van der Waals surface area contributed by atoms with Crippen molar-refractivity contribution in [1.82, 2.24) is 4.98 Å². The third-order valence-corrected chi connectivity index (χ3v) is 4.27. The first-order valence-corrected chi connectivity index (χ1v) is 8.13. The smallest absolute Gasteiger partial charge is 0.282 e. The molecule has 2 heterocycles. The first kappa shape index (κ1) is 15.2. The zero-order valence-corrected chi connectivity index (χ0v) is 12.8. The van der Waals surface area contributed by atoms with Crippen LogP contribution in [0.25, 0.3) is 0 Å². The summed E-state index contributed by atoms with van der Waals surface area (Å²) in [6, 6.07) is 1.44. The number of aromatic nitrogens is 1.